The Labute approximate surface area is 235 Å². The van der Waals surface area contributed by atoms with E-state index >= 15 is 0 Å². The van der Waals surface area contributed by atoms with Crippen LogP contribution in [0.15, 0.2) is 48.1 Å². The number of allylic oxidation sites excluding steroid dienone is 3. The minimum Gasteiger partial charge on any atom is -0.504 e. The van der Waals surface area contributed by atoms with E-state index in [-0.39, 0.29) is 29.6 Å². The summed E-state index contributed by atoms with van der Waals surface area (Å²) in [6, 6.07) is 8.79. The number of Topliss-reactive ketones (excluding diaryl/α,β-unsaturated/α-hetero) is 1. The monoisotopic (exact) mass is 546 g/mol. The van der Waals surface area contributed by atoms with Gasteiger partial charge in [0.2, 0.25) is 0 Å². The second kappa shape index (κ2) is 11.8. The van der Waals surface area contributed by atoms with E-state index in [2.05, 4.69) is 18.2 Å². The lowest BCUT2D eigenvalue weighted by atomic mass is 9.63. The predicted molar refractivity (Wildman–Crippen MR) is 152 cm³/mol. The number of carbonyl (C=O) groups excluding carboxylic acids is 2. The Morgan fingerprint density at radius 1 is 1.02 bits per heavy atom. The fourth-order valence-corrected chi connectivity index (χ4v) is 6.90. The van der Waals surface area contributed by atoms with Gasteiger partial charge in [-0.1, -0.05) is 24.3 Å². The molecule has 0 radical (unpaired) electrons. The smallest absolute Gasteiger partial charge is 0.302 e. The van der Waals surface area contributed by atoms with E-state index in [0.717, 1.165) is 36.0 Å². The molecule has 0 amide bonds. The van der Waals surface area contributed by atoms with Crippen LogP contribution in [-0.4, -0.2) is 42.3 Å². The third kappa shape index (κ3) is 5.88. The molecule has 0 aliphatic heterocycles. The van der Waals surface area contributed by atoms with Crippen LogP contribution in [0.3, 0.4) is 0 Å². The van der Waals surface area contributed by atoms with Crippen molar-refractivity contribution in [3.05, 3.63) is 64.7 Å². The van der Waals surface area contributed by atoms with Crippen LogP contribution in [0.1, 0.15) is 68.1 Å². The van der Waals surface area contributed by atoms with Crippen LogP contribution in [-0.2, 0) is 20.7 Å². The minimum atomic E-state index is -0.550. The summed E-state index contributed by atoms with van der Waals surface area (Å²) in [5, 5.41) is 20.4. The number of ether oxygens (including phenoxy) is 3. The first-order valence-corrected chi connectivity index (χ1v) is 14.1. The molecular weight excluding hydrogens is 508 g/mol. The van der Waals surface area contributed by atoms with Crippen molar-refractivity contribution in [2.24, 2.45) is 17.8 Å². The molecule has 0 aromatic heterocycles. The van der Waals surface area contributed by atoms with Gasteiger partial charge in [0.05, 0.1) is 14.2 Å². The van der Waals surface area contributed by atoms with E-state index < -0.39 is 12.1 Å². The number of phenols is 2. The molecule has 2 aromatic rings. The van der Waals surface area contributed by atoms with Crippen LogP contribution >= 0.6 is 0 Å². The molecule has 212 valence electrons. The van der Waals surface area contributed by atoms with Crippen molar-refractivity contribution >= 4 is 17.8 Å². The van der Waals surface area contributed by atoms with Crippen molar-refractivity contribution < 1.29 is 34.0 Å². The third-order valence-electron chi connectivity index (χ3n) is 8.79. The van der Waals surface area contributed by atoms with Crippen LogP contribution in [0.2, 0.25) is 0 Å². The van der Waals surface area contributed by atoms with Gasteiger partial charge in [-0.25, -0.2) is 0 Å². The highest BCUT2D eigenvalue weighted by atomic mass is 16.5. The van der Waals surface area contributed by atoms with E-state index in [4.69, 9.17) is 14.2 Å². The van der Waals surface area contributed by atoms with Crippen LogP contribution in [0.5, 0.6) is 23.0 Å². The van der Waals surface area contributed by atoms with Crippen molar-refractivity contribution in [3.8, 4) is 23.0 Å². The number of rotatable bonds is 10. The van der Waals surface area contributed by atoms with Crippen LogP contribution in [0, 0.1) is 17.8 Å². The van der Waals surface area contributed by atoms with E-state index in [1.807, 2.05) is 6.07 Å². The number of fused-ring (bicyclic) bond motifs is 2. The highest BCUT2D eigenvalue weighted by Crippen LogP contribution is 2.53. The lowest BCUT2D eigenvalue weighted by Gasteiger charge is -2.41. The number of esters is 1. The van der Waals surface area contributed by atoms with E-state index in [0.29, 0.717) is 48.5 Å². The molecule has 0 heterocycles. The predicted octanol–water partition coefficient (Wildman–Crippen LogP) is 6.11. The van der Waals surface area contributed by atoms with Gasteiger partial charge >= 0.3 is 5.97 Å². The molecule has 3 aliphatic rings. The molecule has 2 N–H and O–H groups in total. The number of aryl methyl sites for hydroxylation is 1. The molecule has 2 aromatic carbocycles. The largest absolute Gasteiger partial charge is 0.504 e. The molecule has 1 fully saturated rings. The average Bonchev–Trinajstić information content (AvgIpc) is 3.06. The number of hydrogen-bond acceptors (Lipinski definition) is 7. The van der Waals surface area contributed by atoms with E-state index in [9.17, 15) is 19.8 Å². The number of methoxy groups -OCH3 is 2. The summed E-state index contributed by atoms with van der Waals surface area (Å²) >= 11 is 0. The third-order valence-corrected chi connectivity index (χ3v) is 8.79. The van der Waals surface area contributed by atoms with Gasteiger partial charge in [0.1, 0.15) is 11.9 Å². The topological polar surface area (TPSA) is 102 Å². The van der Waals surface area contributed by atoms with Crippen molar-refractivity contribution in [2.45, 2.75) is 63.9 Å². The average molecular weight is 547 g/mol. The Morgan fingerprint density at radius 2 is 1.80 bits per heavy atom. The lowest BCUT2D eigenvalue weighted by molar-refractivity contribution is -0.147. The second-order valence-corrected chi connectivity index (χ2v) is 11.3. The number of hydrogen-bond donors (Lipinski definition) is 2. The van der Waals surface area contributed by atoms with Gasteiger partial charge in [0, 0.05) is 19.8 Å². The molecule has 0 spiro atoms. The zero-order chi connectivity index (χ0) is 28.4. The summed E-state index contributed by atoms with van der Waals surface area (Å²) in [4.78, 5) is 25.6. The maximum Gasteiger partial charge on any atom is 0.302 e. The molecule has 40 heavy (non-hydrogen) atoms. The zero-order valence-corrected chi connectivity index (χ0v) is 23.4. The highest BCUT2D eigenvalue weighted by molar-refractivity contribution is 5.81. The standard InChI is InChI=1S/C33H38O7/c1-19(34)40-25(9-5-21-7-11-30(36)32(13-21)38-2)16-24(35)17-29-26-10-6-20-4-8-22(27(26)12-20)14-23-15-31(37)33(39-3)18-28(23)29/h4,7-8,11,13-15,18,20,25-27,29,36-37H,5-6,9-10,12,16-17H2,1-3H3/t20-,25+,26+,27+,29+/m0/s1. The van der Waals surface area contributed by atoms with Gasteiger partial charge in [-0.15, -0.1) is 0 Å². The van der Waals surface area contributed by atoms with E-state index in [1.165, 1.54) is 26.7 Å². The molecule has 0 unspecified atom stereocenters. The van der Waals surface area contributed by atoms with Crippen molar-refractivity contribution in [1.29, 1.82) is 0 Å². The maximum atomic E-state index is 13.7. The van der Waals surface area contributed by atoms with Gasteiger partial charge in [-0.2, -0.15) is 0 Å². The number of carbonyl (C=O) groups is 2. The van der Waals surface area contributed by atoms with Gasteiger partial charge in [0.15, 0.2) is 23.0 Å². The molecule has 5 rings (SSSR count). The molecule has 7 heteroatoms. The van der Waals surface area contributed by atoms with Gasteiger partial charge in [-0.3, -0.25) is 9.59 Å². The summed E-state index contributed by atoms with van der Waals surface area (Å²) in [5.41, 5.74) is 4.15. The molecular formula is C33H38O7. The number of benzene rings is 2. The summed E-state index contributed by atoms with van der Waals surface area (Å²) in [7, 11) is 3.04. The molecule has 1 saturated carbocycles. The second-order valence-electron chi connectivity index (χ2n) is 11.3. The molecule has 2 bridgehead atoms. The first-order chi connectivity index (χ1) is 19.2. The van der Waals surface area contributed by atoms with Crippen molar-refractivity contribution in [2.75, 3.05) is 14.2 Å². The maximum absolute atomic E-state index is 13.7. The molecule has 7 nitrogen and oxygen atoms in total. The van der Waals surface area contributed by atoms with Crippen LogP contribution in [0.25, 0.3) is 6.08 Å². The lowest BCUT2D eigenvalue weighted by Crippen LogP contribution is -2.32. The van der Waals surface area contributed by atoms with Crippen molar-refractivity contribution in [3.63, 3.8) is 0 Å². The van der Waals surface area contributed by atoms with Crippen LogP contribution < -0.4 is 9.47 Å². The SMILES string of the molecule is COc1cc(CC[C@H](CC(=O)C[C@H]2c3cc(OC)c(O)cc3C=C3C=C[C@H]4CC[C@@H]2[C@@H]3C4)OC(C)=O)ccc1O. The number of ketones is 1. The van der Waals surface area contributed by atoms with Gasteiger partial charge in [-0.05, 0) is 102 Å². The Balaban J connectivity index is 1.37. The summed E-state index contributed by atoms with van der Waals surface area (Å²) in [5.74, 6) is 1.81. The normalized spacial score (nSPS) is 23.3. The zero-order valence-electron chi connectivity index (χ0n) is 23.4. The van der Waals surface area contributed by atoms with Crippen molar-refractivity contribution in [1.82, 2.24) is 0 Å². The van der Waals surface area contributed by atoms with Crippen LogP contribution in [0.4, 0.5) is 0 Å². The number of aromatic hydroxyl groups is 2. The minimum absolute atomic E-state index is 0.0254. The molecule has 3 aliphatic carbocycles. The summed E-state index contributed by atoms with van der Waals surface area (Å²) in [6.07, 6.45) is 10.9. The Bertz CT molecular complexity index is 1340. The Kier molecular flexibility index (Phi) is 8.19. The van der Waals surface area contributed by atoms with E-state index in [1.54, 1.807) is 24.3 Å². The first kappa shape index (κ1) is 27.8. The van der Waals surface area contributed by atoms with Gasteiger partial charge < -0.3 is 24.4 Å². The fourth-order valence-electron chi connectivity index (χ4n) is 6.90. The molecule has 0 saturated heterocycles. The first-order valence-electron chi connectivity index (χ1n) is 14.1. The Hall–Kier alpha value is -3.74. The summed E-state index contributed by atoms with van der Waals surface area (Å²) < 4.78 is 16.3. The van der Waals surface area contributed by atoms with Gasteiger partial charge in [0.25, 0.3) is 0 Å². The number of phenolic OH excluding ortho intramolecular Hbond substituents is 2. The fraction of sp³-hybridized carbons (Fsp3) is 0.455. The molecule has 5 atom stereocenters. The quantitative estimate of drug-likeness (QED) is 0.347. The Morgan fingerprint density at radius 3 is 2.55 bits per heavy atom. The summed E-state index contributed by atoms with van der Waals surface area (Å²) in [6.45, 7) is 1.36. The highest BCUT2D eigenvalue weighted by Gasteiger charge is 2.42.